The predicted octanol–water partition coefficient (Wildman–Crippen LogP) is 4.02. The first-order valence-electron chi connectivity index (χ1n) is 7.48. The molecule has 0 bridgehead atoms. The molecule has 1 atom stereocenters. The second kappa shape index (κ2) is 9.76. The van der Waals surface area contributed by atoms with E-state index in [0.717, 1.165) is 31.3 Å². The normalized spacial score (nSPS) is 14.6. The number of aliphatic hydroxyl groups is 1. The maximum absolute atomic E-state index is 11.2. The van der Waals surface area contributed by atoms with E-state index < -0.39 is 5.60 Å². The van der Waals surface area contributed by atoms with Crippen LogP contribution < -0.4 is 0 Å². The van der Waals surface area contributed by atoms with E-state index in [1.54, 1.807) is 6.92 Å². The SMILES string of the molecule is CCOC(=O)/C=C(C)/C=C/CC(C)CCCC(C)(C)O. The van der Waals surface area contributed by atoms with Crippen LogP contribution in [0.1, 0.15) is 60.3 Å². The fourth-order valence-electron chi connectivity index (χ4n) is 1.91. The van der Waals surface area contributed by atoms with E-state index in [1.165, 1.54) is 6.08 Å². The molecule has 0 radical (unpaired) electrons. The molecule has 0 aliphatic heterocycles. The second-order valence-electron chi connectivity index (χ2n) is 6.09. The smallest absolute Gasteiger partial charge is 0.330 e. The van der Waals surface area contributed by atoms with Crippen molar-refractivity contribution in [1.82, 2.24) is 0 Å². The minimum absolute atomic E-state index is 0.284. The van der Waals surface area contributed by atoms with E-state index in [0.29, 0.717) is 12.5 Å². The maximum atomic E-state index is 11.2. The number of carbonyl (C=O) groups is 1. The number of rotatable bonds is 9. The van der Waals surface area contributed by atoms with Gasteiger partial charge in [0.15, 0.2) is 0 Å². The maximum Gasteiger partial charge on any atom is 0.330 e. The first-order chi connectivity index (χ1) is 9.24. The van der Waals surface area contributed by atoms with Crippen LogP contribution in [-0.4, -0.2) is 23.3 Å². The minimum Gasteiger partial charge on any atom is -0.463 e. The molecule has 0 aromatic heterocycles. The molecular weight excluding hydrogens is 252 g/mol. The number of carbonyl (C=O) groups excluding carboxylic acids is 1. The quantitative estimate of drug-likeness (QED) is 0.395. The monoisotopic (exact) mass is 282 g/mol. The molecule has 0 aliphatic rings. The van der Waals surface area contributed by atoms with Crippen molar-refractivity contribution in [3.63, 3.8) is 0 Å². The number of hydrogen-bond acceptors (Lipinski definition) is 3. The third kappa shape index (κ3) is 12.0. The summed E-state index contributed by atoms with van der Waals surface area (Å²) in [4.78, 5) is 11.2. The summed E-state index contributed by atoms with van der Waals surface area (Å²) in [5.41, 5.74) is 0.348. The number of ether oxygens (including phenoxy) is 1. The van der Waals surface area contributed by atoms with Crippen molar-refractivity contribution >= 4 is 5.97 Å². The van der Waals surface area contributed by atoms with E-state index in [9.17, 15) is 9.90 Å². The van der Waals surface area contributed by atoms with Crippen molar-refractivity contribution in [2.45, 2.75) is 65.9 Å². The highest BCUT2D eigenvalue weighted by Gasteiger charge is 2.12. The molecule has 0 saturated carbocycles. The van der Waals surface area contributed by atoms with Crippen LogP contribution >= 0.6 is 0 Å². The molecule has 20 heavy (non-hydrogen) atoms. The van der Waals surface area contributed by atoms with Gasteiger partial charge >= 0.3 is 5.97 Å². The number of allylic oxidation sites excluding steroid dienone is 3. The molecule has 0 saturated heterocycles. The number of hydrogen-bond donors (Lipinski definition) is 1. The van der Waals surface area contributed by atoms with Gasteiger partial charge in [-0.05, 0) is 52.0 Å². The van der Waals surface area contributed by atoms with E-state index in [2.05, 4.69) is 13.0 Å². The summed E-state index contributed by atoms with van der Waals surface area (Å²) < 4.78 is 4.85. The van der Waals surface area contributed by atoms with Crippen LogP contribution in [0.3, 0.4) is 0 Å². The lowest BCUT2D eigenvalue weighted by molar-refractivity contribution is -0.137. The molecule has 0 aromatic rings. The van der Waals surface area contributed by atoms with E-state index >= 15 is 0 Å². The summed E-state index contributed by atoms with van der Waals surface area (Å²) in [6.07, 6.45) is 9.54. The molecule has 0 aromatic carbocycles. The molecule has 0 amide bonds. The summed E-state index contributed by atoms with van der Waals surface area (Å²) in [7, 11) is 0. The molecule has 0 fully saturated rings. The average molecular weight is 282 g/mol. The van der Waals surface area contributed by atoms with Crippen molar-refractivity contribution in [2.75, 3.05) is 6.61 Å². The molecule has 3 nitrogen and oxygen atoms in total. The Bertz CT molecular complexity index is 335. The third-order valence-electron chi connectivity index (χ3n) is 3.04. The van der Waals surface area contributed by atoms with Crippen molar-refractivity contribution in [2.24, 2.45) is 5.92 Å². The Morgan fingerprint density at radius 1 is 1.40 bits per heavy atom. The lowest BCUT2D eigenvalue weighted by atomic mass is 9.95. The third-order valence-corrected chi connectivity index (χ3v) is 3.04. The van der Waals surface area contributed by atoms with Crippen LogP contribution in [0.4, 0.5) is 0 Å². The van der Waals surface area contributed by atoms with Gasteiger partial charge in [-0.3, -0.25) is 0 Å². The average Bonchev–Trinajstić information content (AvgIpc) is 2.27. The molecule has 0 rings (SSSR count). The summed E-state index contributed by atoms with van der Waals surface area (Å²) >= 11 is 0. The molecule has 1 unspecified atom stereocenters. The van der Waals surface area contributed by atoms with Crippen molar-refractivity contribution in [1.29, 1.82) is 0 Å². The second-order valence-corrected chi connectivity index (χ2v) is 6.09. The zero-order valence-corrected chi connectivity index (χ0v) is 13.6. The highest BCUT2D eigenvalue weighted by Crippen LogP contribution is 2.18. The van der Waals surface area contributed by atoms with Crippen LogP contribution in [0.15, 0.2) is 23.8 Å². The van der Waals surface area contributed by atoms with Gasteiger partial charge in [-0.1, -0.05) is 31.9 Å². The highest BCUT2D eigenvalue weighted by atomic mass is 16.5. The highest BCUT2D eigenvalue weighted by molar-refractivity contribution is 5.83. The van der Waals surface area contributed by atoms with Gasteiger partial charge in [0.25, 0.3) is 0 Å². The van der Waals surface area contributed by atoms with Gasteiger partial charge in [-0.25, -0.2) is 4.79 Å². The molecule has 1 N–H and O–H groups in total. The molecule has 3 heteroatoms. The molecule has 0 aliphatic carbocycles. The fourth-order valence-corrected chi connectivity index (χ4v) is 1.91. The van der Waals surface area contributed by atoms with Crippen molar-refractivity contribution < 1.29 is 14.6 Å². The lowest BCUT2D eigenvalue weighted by Crippen LogP contribution is -2.18. The Morgan fingerprint density at radius 3 is 2.60 bits per heavy atom. The topological polar surface area (TPSA) is 46.5 Å². The van der Waals surface area contributed by atoms with Gasteiger partial charge in [0.05, 0.1) is 12.2 Å². The Balaban J connectivity index is 3.96. The largest absolute Gasteiger partial charge is 0.463 e. The van der Waals surface area contributed by atoms with Crippen LogP contribution in [-0.2, 0) is 9.53 Å². The standard InChI is InChI=1S/C17H30O3/c1-6-20-16(18)13-15(3)10-7-9-14(2)11-8-12-17(4,5)19/h7,10,13-14,19H,6,8-9,11-12H2,1-5H3/b10-7+,15-13+. The zero-order valence-electron chi connectivity index (χ0n) is 13.6. The Morgan fingerprint density at radius 2 is 2.05 bits per heavy atom. The Labute approximate surface area is 123 Å². The van der Waals surface area contributed by atoms with Gasteiger partial charge in [0.2, 0.25) is 0 Å². The van der Waals surface area contributed by atoms with Crippen LogP contribution in [0.2, 0.25) is 0 Å². The first kappa shape index (κ1) is 18.9. The zero-order chi connectivity index (χ0) is 15.6. The van der Waals surface area contributed by atoms with Gasteiger partial charge in [-0.2, -0.15) is 0 Å². The summed E-state index contributed by atoms with van der Waals surface area (Å²) in [5.74, 6) is 0.303. The number of esters is 1. The first-order valence-corrected chi connectivity index (χ1v) is 7.48. The molecule has 0 spiro atoms. The van der Waals surface area contributed by atoms with Gasteiger partial charge < -0.3 is 9.84 Å². The Hall–Kier alpha value is -1.09. The predicted molar refractivity (Wildman–Crippen MR) is 83.5 cm³/mol. The van der Waals surface area contributed by atoms with Crippen molar-refractivity contribution in [3.8, 4) is 0 Å². The van der Waals surface area contributed by atoms with Gasteiger partial charge in [0, 0.05) is 6.08 Å². The fraction of sp³-hybridized carbons (Fsp3) is 0.706. The van der Waals surface area contributed by atoms with Gasteiger partial charge in [-0.15, -0.1) is 0 Å². The van der Waals surface area contributed by atoms with E-state index in [1.807, 2.05) is 26.8 Å². The summed E-state index contributed by atoms with van der Waals surface area (Å²) in [6, 6.07) is 0. The van der Waals surface area contributed by atoms with Crippen LogP contribution in [0.5, 0.6) is 0 Å². The minimum atomic E-state index is -0.561. The van der Waals surface area contributed by atoms with Crippen LogP contribution in [0.25, 0.3) is 0 Å². The summed E-state index contributed by atoms with van der Waals surface area (Å²) in [5, 5.41) is 9.64. The summed E-state index contributed by atoms with van der Waals surface area (Å²) in [6.45, 7) is 10.0. The van der Waals surface area contributed by atoms with E-state index in [-0.39, 0.29) is 5.97 Å². The molecular formula is C17H30O3. The van der Waals surface area contributed by atoms with Gasteiger partial charge in [0.1, 0.15) is 0 Å². The molecule has 116 valence electrons. The lowest BCUT2D eigenvalue weighted by Gasteiger charge is -2.17. The van der Waals surface area contributed by atoms with E-state index in [4.69, 9.17) is 4.74 Å². The van der Waals surface area contributed by atoms with Crippen molar-refractivity contribution in [3.05, 3.63) is 23.8 Å². The molecule has 0 heterocycles. The van der Waals surface area contributed by atoms with Crippen LogP contribution in [0, 0.1) is 5.92 Å². The Kier molecular flexibility index (Phi) is 9.23.